The summed E-state index contributed by atoms with van der Waals surface area (Å²) in [6.45, 7) is 5.19. The van der Waals surface area contributed by atoms with Crippen LogP contribution < -0.4 is 5.56 Å². The second-order valence-corrected chi connectivity index (χ2v) is 7.60. The van der Waals surface area contributed by atoms with E-state index in [0.29, 0.717) is 22.7 Å². The van der Waals surface area contributed by atoms with Crippen LogP contribution >= 0.6 is 11.8 Å². The standard InChI is InChI=1S/C19H23N5O2S/c25-18-16-14-20-24(7-6-15-4-2-1-3-5-15)17(16)21-19(22-18)27-13-10-23-8-11-26-12-9-23/h1-5,14H,6-13H2,(H,21,22,25). The van der Waals surface area contributed by atoms with Gasteiger partial charge in [0.05, 0.1) is 19.4 Å². The summed E-state index contributed by atoms with van der Waals surface area (Å²) < 4.78 is 7.19. The topological polar surface area (TPSA) is 76.0 Å². The summed E-state index contributed by atoms with van der Waals surface area (Å²) in [4.78, 5) is 22.3. The molecule has 0 unspecified atom stereocenters. The third kappa shape index (κ3) is 4.58. The highest BCUT2D eigenvalue weighted by atomic mass is 32.2. The van der Waals surface area contributed by atoms with Crippen LogP contribution in [0.25, 0.3) is 11.0 Å². The maximum atomic E-state index is 12.4. The molecule has 0 radical (unpaired) electrons. The van der Waals surface area contributed by atoms with Crippen LogP contribution in [0.4, 0.5) is 0 Å². The minimum atomic E-state index is -0.125. The molecule has 8 heteroatoms. The predicted molar refractivity (Wildman–Crippen MR) is 106 cm³/mol. The van der Waals surface area contributed by atoms with Crippen molar-refractivity contribution < 1.29 is 4.74 Å². The van der Waals surface area contributed by atoms with Crippen molar-refractivity contribution in [1.29, 1.82) is 0 Å². The van der Waals surface area contributed by atoms with Gasteiger partial charge in [-0.25, -0.2) is 9.67 Å². The van der Waals surface area contributed by atoms with E-state index in [-0.39, 0.29) is 5.56 Å². The maximum absolute atomic E-state index is 12.4. The number of aromatic nitrogens is 4. The monoisotopic (exact) mass is 385 g/mol. The molecule has 0 amide bonds. The number of rotatable bonds is 7. The Bertz CT molecular complexity index is 934. The molecule has 27 heavy (non-hydrogen) atoms. The molecule has 0 atom stereocenters. The summed E-state index contributed by atoms with van der Waals surface area (Å²) in [5.74, 6) is 0.882. The molecule has 2 aromatic heterocycles. The fraction of sp³-hybridized carbons (Fsp3) is 0.421. The van der Waals surface area contributed by atoms with Crippen LogP contribution in [-0.4, -0.2) is 63.2 Å². The number of ether oxygens (including phenoxy) is 1. The molecule has 1 aliphatic rings. The number of fused-ring (bicyclic) bond motifs is 1. The van der Waals surface area contributed by atoms with Gasteiger partial charge in [-0.3, -0.25) is 9.69 Å². The molecule has 1 aliphatic heterocycles. The van der Waals surface area contributed by atoms with Gasteiger partial charge >= 0.3 is 0 Å². The number of nitrogens with zero attached hydrogens (tertiary/aromatic N) is 4. The van der Waals surface area contributed by atoms with Crippen LogP contribution in [0, 0.1) is 0 Å². The van der Waals surface area contributed by atoms with Crippen molar-refractivity contribution in [2.45, 2.75) is 18.1 Å². The smallest absolute Gasteiger partial charge is 0.262 e. The zero-order valence-electron chi connectivity index (χ0n) is 15.1. The summed E-state index contributed by atoms with van der Waals surface area (Å²) in [5, 5.41) is 5.57. The molecule has 1 N–H and O–H groups in total. The van der Waals surface area contributed by atoms with Gasteiger partial charge in [-0.2, -0.15) is 5.10 Å². The molecule has 1 fully saturated rings. The van der Waals surface area contributed by atoms with Crippen molar-refractivity contribution in [2.75, 3.05) is 38.6 Å². The van der Waals surface area contributed by atoms with Crippen molar-refractivity contribution in [3.63, 3.8) is 0 Å². The van der Waals surface area contributed by atoms with E-state index in [1.165, 1.54) is 5.56 Å². The summed E-state index contributed by atoms with van der Waals surface area (Å²) in [5.41, 5.74) is 1.77. The van der Waals surface area contributed by atoms with E-state index in [2.05, 4.69) is 32.1 Å². The SMILES string of the molecule is O=c1[nH]c(SCCN2CCOCC2)nc2c1cnn2CCc1ccccc1. The highest BCUT2D eigenvalue weighted by Gasteiger charge is 2.13. The minimum Gasteiger partial charge on any atom is -0.379 e. The van der Waals surface area contributed by atoms with E-state index in [0.717, 1.165) is 45.0 Å². The van der Waals surface area contributed by atoms with Crippen LogP contribution in [0.1, 0.15) is 5.56 Å². The lowest BCUT2D eigenvalue weighted by Gasteiger charge is -2.26. The molecule has 142 valence electrons. The molecule has 0 aliphatic carbocycles. The Morgan fingerprint density at radius 1 is 1.15 bits per heavy atom. The van der Waals surface area contributed by atoms with Crippen LogP contribution in [0.2, 0.25) is 0 Å². The first-order valence-electron chi connectivity index (χ1n) is 9.22. The van der Waals surface area contributed by atoms with Gasteiger partial charge in [0.15, 0.2) is 10.8 Å². The Labute approximate surface area is 161 Å². The Morgan fingerprint density at radius 3 is 2.78 bits per heavy atom. The van der Waals surface area contributed by atoms with Gasteiger partial charge in [0, 0.05) is 31.9 Å². The second-order valence-electron chi connectivity index (χ2n) is 6.51. The molecule has 4 rings (SSSR count). The van der Waals surface area contributed by atoms with Gasteiger partial charge in [-0.05, 0) is 12.0 Å². The van der Waals surface area contributed by atoms with Crippen molar-refractivity contribution in [2.24, 2.45) is 0 Å². The van der Waals surface area contributed by atoms with Crippen LogP contribution in [-0.2, 0) is 17.7 Å². The lowest BCUT2D eigenvalue weighted by atomic mass is 10.1. The summed E-state index contributed by atoms with van der Waals surface area (Å²) in [6.07, 6.45) is 2.46. The van der Waals surface area contributed by atoms with Crippen molar-refractivity contribution >= 4 is 22.8 Å². The van der Waals surface area contributed by atoms with Gasteiger partial charge in [0.2, 0.25) is 0 Å². The van der Waals surface area contributed by atoms with E-state index in [4.69, 9.17) is 4.74 Å². The molecule has 3 aromatic rings. The average Bonchev–Trinajstić information content (AvgIpc) is 3.12. The lowest BCUT2D eigenvalue weighted by molar-refractivity contribution is 0.0410. The number of hydrogen-bond donors (Lipinski definition) is 1. The molecule has 0 saturated carbocycles. The summed E-state index contributed by atoms with van der Waals surface area (Å²) >= 11 is 1.58. The van der Waals surface area contributed by atoms with E-state index in [1.54, 1.807) is 18.0 Å². The number of hydrogen-bond acceptors (Lipinski definition) is 6. The van der Waals surface area contributed by atoms with Gasteiger partial charge < -0.3 is 9.72 Å². The Morgan fingerprint density at radius 2 is 1.96 bits per heavy atom. The van der Waals surface area contributed by atoms with Gasteiger partial charge in [-0.1, -0.05) is 42.1 Å². The fourth-order valence-corrected chi connectivity index (χ4v) is 4.01. The predicted octanol–water partition coefficient (Wildman–Crippen LogP) is 1.79. The van der Waals surface area contributed by atoms with Gasteiger partial charge in [0.25, 0.3) is 5.56 Å². The van der Waals surface area contributed by atoms with Crippen molar-refractivity contribution in [3.05, 3.63) is 52.4 Å². The highest BCUT2D eigenvalue weighted by Crippen LogP contribution is 2.16. The third-order valence-corrected chi connectivity index (χ3v) is 5.54. The highest BCUT2D eigenvalue weighted by molar-refractivity contribution is 7.99. The van der Waals surface area contributed by atoms with Gasteiger partial charge in [0.1, 0.15) is 5.39 Å². The van der Waals surface area contributed by atoms with Crippen molar-refractivity contribution in [3.8, 4) is 0 Å². The normalized spacial score (nSPS) is 15.4. The van der Waals surface area contributed by atoms with E-state index in [1.807, 2.05) is 22.9 Å². The van der Waals surface area contributed by atoms with E-state index < -0.39 is 0 Å². The van der Waals surface area contributed by atoms with Crippen LogP contribution in [0.5, 0.6) is 0 Å². The first kappa shape index (κ1) is 18.2. The number of aryl methyl sites for hydroxylation is 2. The Balaban J connectivity index is 1.43. The number of aromatic amines is 1. The maximum Gasteiger partial charge on any atom is 0.262 e. The molecule has 0 spiro atoms. The molecule has 0 bridgehead atoms. The minimum absolute atomic E-state index is 0.125. The molecule has 1 aromatic carbocycles. The summed E-state index contributed by atoms with van der Waals surface area (Å²) in [6, 6.07) is 10.3. The molecule has 1 saturated heterocycles. The molecular weight excluding hydrogens is 362 g/mol. The van der Waals surface area contributed by atoms with E-state index in [9.17, 15) is 4.79 Å². The van der Waals surface area contributed by atoms with Gasteiger partial charge in [-0.15, -0.1) is 0 Å². The lowest BCUT2D eigenvalue weighted by Crippen LogP contribution is -2.37. The Hall–Kier alpha value is -2.16. The fourth-order valence-electron chi connectivity index (χ4n) is 3.15. The Kier molecular flexibility index (Phi) is 5.86. The number of benzene rings is 1. The second kappa shape index (κ2) is 8.69. The first-order valence-corrected chi connectivity index (χ1v) is 10.2. The zero-order valence-corrected chi connectivity index (χ0v) is 16.0. The number of thioether (sulfide) groups is 1. The molecule has 3 heterocycles. The number of H-pyrrole nitrogens is 1. The van der Waals surface area contributed by atoms with E-state index >= 15 is 0 Å². The largest absolute Gasteiger partial charge is 0.379 e. The molecular formula is C19H23N5O2S. The van der Waals surface area contributed by atoms with Crippen molar-refractivity contribution in [1.82, 2.24) is 24.6 Å². The number of morpholine rings is 1. The quantitative estimate of drug-likeness (QED) is 0.494. The first-order chi connectivity index (χ1) is 13.3. The zero-order chi connectivity index (χ0) is 18.5. The molecule has 7 nitrogen and oxygen atoms in total. The summed E-state index contributed by atoms with van der Waals surface area (Å²) in [7, 11) is 0. The number of nitrogens with one attached hydrogen (secondary N) is 1. The average molecular weight is 385 g/mol. The van der Waals surface area contributed by atoms with Crippen LogP contribution in [0.3, 0.4) is 0 Å². The third-order valence-electron chi connectivity index (χ3n) is 4.69. The van der Waals surface area contributed by atoms with Crippen LogP contribution in [0.15, 0.2) is 46.5 Å².